The first-order valence-electron chi connectivity index (χ1n) is 5.35. The summed E-state index contributed by atoms with van der Waals surface area (Å²) in [4.78, 5) is 17.5. The lowest BCUT2D eigenvalue weighted by Crippen LogP contribution is -2.26. The summed E-state index contributed by atoms with van der Waals surface area (Å²) in [6.07, 6.45) is 1.45. The third kappa shape index (κ3) is 2.87. The van der Waals surface area contributed by atoms with Gasteiger partial charge in [0.05, 0.1) is 12.1 Å². The van der Waals surface area contributed by atoms with E-state index in [-0.39, 0.29) is 5.91 Å². The van der Waals surface area contributed by atoms with Crippen molar-refractivity contribution in [3.05, 3.63) is 46.6 Å². The molecule has 94 valence electrons. The monoisotopic (exact) mass is 265 g/mol. The predicted octanol–water partition coefficient (Wildman–Crippen LogP) is 2.30. The van der Waals surface area contributed by atoms with Gasteiger partial charge in [0.15, 0.2) is 0 Å². The lowest BCUT2D eigenvalue weighted by atomic mass is 10.2. The Morgan fingerprint density at radius 1 is 1.50 bits per heavy atom. The number of nitrogens with zero attached hydrogens (tertiary/aromatic N) is 3. The lowest BCUT2D eigenvalue weighted by Gasteiger charge is -2.15. The van der Waals surface area contributed by atoms with Crippen molar-refractivity contribution in [1.82, 2.24) is 15.0 Å². The Labute approximate surface area is 109 Å². The molecule has 0 aromatic carbocycles. The van der Waals surface area contributed by atoms with Crippen LogP contribution in [0.4, 0.5) is 0 Å². The molecule has 0 saturated carbocycles. The number of amides is 1. The molecule has 0 radical (unpaired) electrons. The molecule has 5 nitrogen and oxygen atoms in total. The highest BCUT2D eigenvalue weighted by atomic mass is 35.5. The Balaban J connectivity index is 2.07. The van der Waals surface area contributed by atoms with Gasteiger partial charge in [-0.25, -0.2) is 4.98 Å². The number of aryl methyl sites for hydroxylation is 1. The molecule has 18 heavy (non-hydrogen) atoms. The minimum Gasteiger partial charge on any atom is -0.361 e. The molecule has 2 aromatic rings. The second kappa shape index (κ2) is 5.18. The summed E-state index contributed by atoms with van der Waals surface area (Å²) in [5, 5.41) is 4.20. The van der Waals surface area contributed by atoms with Gasteiger partial charge in [0.1, 0.15) is 16.6 Å². The summed E-state index contributed by atoms with van der Waals surface area (Å²) in [5.74, 6) is 0.582. The van der Waals surface area contributed by atoms with Gasteiger partial charge < -0.3 is 9.42 Å². The number of aromatic nitrogens is 2. The maximum atomic E-state index is 12.1. The van der Waals surface area contributed by atoms with Crippen LogP contribution < -0.4 is 0 Å². The standard InChI is InChI=1S/C12H12ClN3O2/c1-8-5-10(15-18-8)7-16(2)12(17)9-3-4-11(13)14-6-9/h3-6H,7H2,1-2H3. The fourth-order valence-electron chi connectivity index (χ4n) is 1.53. The number of rotatable bonds is 3. The quantitative estimate of drug-likeness (QED) is 0.799. The topological polar surface area (TPSA) is 59.2 Å². The summed E-state index contributed by atoms with van der Waals surface area (Å²) in [5.41, 5.74) is 1.20. The van der Waals surface area contributed by atoms with E-state index in [2.05, 4.69) is 10.1 Å². The Bertz CT molecular complexity index is 551. The van der Waals surface area contributed by atoms with Gasteiger partial charge in [-0.3, -0.25) is 4.79 Å². The summed E-state index contributed by atoms with van der Waals surface area (Å²) < 4.78 is 4.95. The largest absolute Gasteiger partial charge is 0.361 e. The fourth-order valence-corrected chi connectivity index (χ4v) is 1.64. The third-order valence-electron chi connectivity index (χ3n) is 2.40. The molecule has 0 saturated heterocycles. The van der Waals surface area contributed by atoms with Crippen molar-refractivity contribution >= 4 is 17.5 Å². The Kier molecular flexibility index (Phi) is 3.62. The number of pyridine rings is 1. The first kappa shape index (κ1) is 12.6. The first-order valence-corrected chi connectivity index (χ1v) is 5.73. The van der Waals surface area contributed by atoms with E-state index < -0.39 is 0 Å². The Morgan fingerprint density at radius 3 is 2.83 bits per heavy atom. The van der Waals surface area contributed by atoms with Crippen LogP contribution in [-0.2, 0) is 6.54 Å². The van der Waals surface area contributed by atoms with Crippen LogP contribution in [0.25, 0.3) is 0 Å². The molecule has 2 rings (SSSR count). The zero-order valence-corrected chi connectivity index (χ0v) is 10.8. The SMILES string of the molecule is Cc1cc(CN(C)C(=O)c2ccc(Cl)nc2)no1. The van der Waals surface area contributed by atoms with Crippen molar-refractivity contribution < 1.29 is 9.32 Å². The predicted molar refractivity (Wildman–Crippen MR) is 66.3 cm³/mol. The summed E-state index contributed by atoms with van der Waals surface area (Å²) in [6, 6.07) is 5.02. The zero-order valence-electron chi connectivity index (χ0n) is 10.1. The van der Waals surface area contributed by atoms with Crippen LogP contribution in [0.2, 0.25) is 5.15 Å². The van der Waals surface area contributed by atoms with Crippen molar-refractivity contribution in [3.63, 3.8) is 0 Å². The van der Waals surface area contributed by atoms with Crippen molar-refractivity contribution in [2.45, 2.75) is 13.5 Å². The van der Waals surface area contributed by atoms with E-state index in [0.717, 1.165) is 5.76 Å². The van der Waals surface area contributed by atoms with Crippen LogP contribution in [0.5, 0.6) is 0 Å². The van der Waals surface area contributed by atoms with E-state index in [4.69, 9.17) is 16.1 Å². The molecule has 0 aliphatic heterocycles. The summed E-state index contributed by atoms with van der Waals surface area (Å²) in [7, 11) is 1.70. The molecule has 0 fully saturated rings. The Morgan fingerprint density at radius 2 is 2.28 bits per heavy atom. The molecule has 0 spiro atoms. The maximum Gasteiger partial charge on any atom is 0.255 e. The number of hydrogen-bond acceptors (Lipinski definition) is 4. The van der Waals surface area contributed by atoms with E-state index in [1.165, 1.54) is 6.20 Å². The average Bonchev–Trinajstić information content (AvgIpc) is 2.75. The molecular weight excluding hydrogens is 254 g/mol. The molecule has 1 amide bonds. The first-order chi connectivity index (χ1) is 8.56. The van der Waals surface area contributed by atoms with E-state index in [9.17, 15) is 4.79 Å². The van der Waals surface area contributed by atoms with E-state index >= 15 is 0 Å². The van der Waals surface area contributed by atoms with Gasteiger partial charge in [0.25, 0.3) is 5.91 Å². The van der Waals surface area contributed by atoms with Gasteiger partial charge in [-0.15, -0.1) is 0 Å². The lowest BCUT2D eigenvalue weighted by molar-refractivity contribution is 0.0781. The molecule has 0 unspecified atom stereocenters. The average molecular weight is 266 g/mol. The molecular formula is C12H12ClN3O2. The summed E-state index contributed by atoms with van der Waals surface area (Å²) >= 11 is 5.67. The second-order valence-corrected chi connectivity index (χ2v) is 4.35. The number of carbonyl (C=O) groups excluding carboxylic acids is 1. The van der Waals surface area contributed by atoms with Crippen molar-refractivity contribution in [2.75, 3.05) is 7.05 Å². The van der Waals surface area contributed by atoms with Crippen molar-refractivity contribution in [2.24, 2.45) is 0 Å². The molecule has 2 aromatic heterocycles. The van der Waals surface area contributed by atoms with Crippen LogP contribution in [-0.4, -0.2) is 28.0 Å². The molecule has 0 aliphatic rings. The normalized spacial score (nSPS) is 10.4. The molecule has 2 heterocycles. The van der Waals surface area contributed by atoms with Gasteiger partial charge in [-0.05, 0) is 19.1 Å². The number of halogens is 1. The molecule has 0 bridgehead atoms. The molecule has 0 N–H and O–H groups in total. The van der Waals surface area contributed by atoms with Crippen LogP contribution >= 0.6 is 11.6 Å². The minimum atomic E-state index is -0.139. The van der Waals surface area contributed by atoms with Crippen molar-refractivity contribution in [3.8, 4) is 0 Å². The van der Waals surface area contributed by atoms with E-state index in [0.29, 0.717) is 23.0 Å². The molecule has 0 aliphatic carbocycles. The van der Waals surface area contributed by atoms with Gasteiger partial charge in [0.2, 0.25) is 0 Å². The highest BCUT2D eigenvalue weighted by molar-refractivity contribution is 6.29. The fraction of sp³-hybridized carbons (Fsp3) is 0.250. The minimum absolute atomic E-state index is 0.139. The highest BCUT2D eigenvalue weighted by Gasteiger charge is 2.14. The second-order valence-electron chi connectivity index (χ2n) is 3.96. The van der Waals surface area contributed by atoms with Crippen molar-refractivity contribution in [1.29, 1.82) is 0 Å². The van der Waals surface area contributed by atoms with Crippen LogP contribution in [0.3, 0.4) is 0 Å². The van der Waals surface area contributed by atoms with Gasteiger partial charge in [-0.1, -0.05) is 16.8 Å². The van der Waals surface area contributed by atoms with E-state index in [1.54, 1.807) is 37.1 Å². The number of hydrogen-bond donors (Lipinski definition) is 0. The molecule has 6 heteroatoms. The third-order valence-corrected chi connectivity index (χ3v) is 2.62. The Hall–Kier alpha value is -1.88. The summed E-state index contributed by atoms with van der Waals surface area (Å²) in [6.45, 7) is 2.19. The van der Waals surface area contributed by atoms with Crippen LogP contribution in [0, 0.1) is 6.92 Å². The van der Waals surface area contributed by atoms with E-state index in [1.807, 2.05) is 0 Å². The smallest absolute Gasteiger partial charge is 0.255 e. The van der Waals surface area contributed by atoms with Crippen LogP contribution in [0.15, 0.2) is 28.9 Å². The zero-order chi connectivity index (χ0) is 13.1. The van der Waals surface area contributed by atoms with Gasteiger partial charge in [-0.2, -0.15) is 0 Å². The highest BCUT2D eigenvalue weighted by Crippen LogP contribution is 2.10. The van der Waals surface area contributed by atoms with Gasteiger partial charge in [0, 0.05) is 19.3 Å². The number of carbonyl (C=O) groups is 1. The molecule has 0 atom stereocenters. The van der Waals surface area contributed by atoms with Gasteiger partial charge >= 0.3 is 0 Å². The van der Waals surface area contributed by atoms with Crippen LogP contribution in [0.1, 0.15) is 21.8 Å². The maximum absolute atomic E-state index is 12.1.